The zero-order valence-electron chi connectivity index (χ0n) is 9.90. The first-order valence-electron chi connectivity index (χ1n) is 5.16. The zero-order valence-corrected chi connectivity index (χ0v) is 10.7. The fraction of sp³-hybridized carbons (Fsp3) is 1.00. The molecular formula is C9H21N3O2S. The van der Waals surface area contributed by atoms with Gasteiger partial charge in [-0.25, -0.2) is 0 Å². The van der Waals surface area contributed by atoms with Crippen LogP contribution in [-0.4, -0.2) is 49.2 Å². The van der Waals surface area contributed by atoms with E-state index < -0.39 is 15.7 Å². The van der Waals surface area contributed by atoms with E-state index in [-0.39, 0.29) is 6.04 Å². The highest BCUT2D eigenvalue weighted by atomic mass is 32.2. The maximum absolute atomic E-state index is 12.0. The minimum absolute atomic E-state index is 0.0963. The molecule has 0 amide bonds. The monoisotopic (exact) mass is 235 g/mol. The van der Waals surface area contributed by atoms with Crippen LogP contribution in [0, 0.1) is 0 Å². The van der Waals surface area contributed by atoms with Gasteiger partial charge in [-0.05, 0) is 26.7 Å². The largest absolute Gasteiger partial charge is 0.326 e. The van der Waals surface area contributed by atoms with Gasteiger partial charge in [0.1, 0.15) is 0 Å². The average molecular weight is 235 g/mol. The maximum atomic E-state index is 12.0. The van der Waals surface area contributed by atoms with Crippen LogP contribution in [0.3, 0.4) is 0 Å². The molecule has 1 aliphatic rings. The fourth-order valence-corrected chi connectivity index (χ4v) is 3.38. The summed E-state index contributed by atoms with van der Waals surface area (Å²) in [5.74, 6) is 0. The summed E-state index contributed by atoms with van der Waals surface area (Å²) in [5, 5.41) is 0. The Bertz CT molecular complexity index is 324. The quantitative estimate of drug-likeness (QED) is 0.732. The third-order valence-corrected chi connectivity index (χ3v) is 5.30. The molecule has 5 nitrogen and oxygen atoms in total. The van der Waals surface area contributed by atoms with E-state index in [9.17, 15) is 8.42 Å². The number of piperidine rings is 1. The minimum Gasteiger partial charge on any atom is -0.326 e. The van der Waals surface area contributed by atoms with E-state index in [1.807, 2.05) is 13.8 Å². The molecule has 0 saturated carbocycles. The molecule has 0 bridgehead atoms. The van der Waals surface area contributed by atoms with E-state index in [4.69, 9.17) is 5.73 Å². The fourth-order valence-electron chi connectivity index (χ4n) is 1.89. The first-order valence-corrected chi connectivity index (χ1v) is 6.56. The van der Waals surface area contributed by atoms with Crippen LogP contribution in [0.4, 0.5) is 0 Å². The van der Waals surface area contributed by atoms with Gasteiger partial charge < -0.3 is 5.73 Å². The van der Waals surface area contributed by atoms with Gasteiger partial charge in [0.2, 0.25) is 0 Å². The SMILES string of the molecule is CN(C)S(=O)(=O)N1CCCC(N)C1(C)C. The maximum Gasteiger partial charge on any atom is 0.282 e. The van der Waals surface area contributed by atoms with E-state index in [1.165, 1.54) is 8.61 Å². The number of nitrogens with two attached hydrogens (primary N) is 1. The van der Waals surface area contributed by atoms with Crippen LogP contribution in [0.25, 0.3) is 0 Å². The summed E-state index contributed by atoms with van der Waals surface area (Å²) in [7, 11) is -0.260. The Labute approximate surface area is 92.4 Å². The van der Waals surface area contributed by atoms with Gasteiger partial charge in [0.25, 0.3) is 10.2 Å². The number of nitrogens with zero attached hydrogens (tertiary/aromatic N) is 2. The van der Waals surface area contributed by atoms with Gasteiger partial charge in [0.15, 0.2) is 0 Å². The lowest BCUT2D eigenvalue weighted by atomic mass is 9.88. The molecular weight excluding hydrogens is 214 g/mol. The van der Waals surface area contributed by atoms with Crippen molar-refractivity contribution in [2.24, 2.45) is 5.73 Å². The first-order chi connectivity index (χ1) is 6.70. The lowest BCUT2D eigenvalue weighted by molar-refractivity contribution is 0.135. The molecule has 6 heteroatoms. The van der Waals surface area contributed by atoms with Crippen LogP contribution >= 0.6 is 0 Å². The van der Waals surface area contributed by atoms with Gasteiger partial charge in [-0.1, -0.05) is 0 Å². The minimum atomic E-state index is -3.35. The molecule has 15 heavy (non-hydrogen) atoms. The van der Waals surface area contributed by atoms with Crippen molar-refractivity contribution in [2.45, 2.75) is 38.3 Å². The van der Waals surface area contributed by atoms with E-state index in [0.717, 1.165) is 12.8 Å². The number of rotatable bonds is 2. The molecule has 90 valence electrons. The second-order valence-electron chi connectivity index (χ2n) is 4.76. The molecule has 1 rings (SSSR count). The highest BCUT2D eigenvalue weighted by molar-refractivity contribution is 7.86. The van der Waals surface area contributed by atoms with Gasteiger partial charge >= 0.3 is 0 Å². The Hall–Kier alpha value is -0.170. The number of hydrogen-bond donors (Lipinski definition) is 1. The molecule has 2 N–H and O–H groups in total. The zero-order chi connectivity index (χ0) is 11.9. The predicted molar refractivity (Wildman–Crippen MR) is 60.6 cm³/mol. The summed E-state index contributed by atoms with van der Waals surface area (Å²) in [6.45, 7) is 4.33. The van der Waals surface area contributed by atoms with Gasteiger partial charge in [-0.15, -0.1) is 0 Å². The summed E-state index contributed by atoms with van der Waals surface area (Å²) >= 11 is 0. The van der Waals surface area contributed by atoms with Gasteiger partial charge in [-0.2, -0.15) is 17.0 Å². The molecule has 0 aromatic carbocycles. The second kappa shape index (κ2) is 4.01. The Balaban J connectivity index is 3.04. The van der Waals surface area contributed by atoms with Crippen LogP contribution < -0.4 is 5.73 Å². The molecule has 0 aliphatic carbocycles. The van der Waals surface area contributed by atoms with Crippen molar-refractivity contribution in [1.29, 1.82) is 0 Å². The van der Waals surface area contributed by atoms with Gasteiger partial charge in [0.05, 0.1) is 0 Å². The van der Waals surface area contributed by atoms with Crippen molar-refractivity contribution in [2.75, 3.05) is 20.6 Å². The summed E-state index contributed by atoms with van der Waals surface area (Å²) in [6, 6.07) is -0.0963. The van der Waals surface area contributed by atoms with Crippen molar-refractivity contribution < 1.29 is 8.42 Å². The van der Waals surface area contributed by atoms with E-state index in [0.29, 0.717) is 6.54 Å². The molecule has 1 aliphatic heterocycles. The number of hydrogen-bond acceptors (Lipinski definition) is 3. The van der Waals surface area contributed by atoms with Crippen LogP contribution in [0.2, 0.25) is 0 Å². The van der Waals surface area contributed by atoms with E-state index in [2.05, 4.69) is 0 Å². The average Bonchev–Trinajstić information content (AvgIpc) is 2.09. The molecule has 0 aromatic rings. The molecule has 1 unspecified atom stereocenters. The van der Waals surface area contributed by atoms with Crippen LogP contribution in [0.1, 0.15) is 26.7 Å². The van der Waals surface area contributed by atoms with Gasteiger partial charge in [0, 0.05) is 32.2 Å². The standard InChI is InChI=1S/C9H21N3O2S/c1-9(2)8(10)6-5-7-12(9)15(13,14)11(3)4/h8H,5-7,10H2,1-4H3. The summed E-state index contributed by atoms with van der Waals surface area (Å²) < 4.78 is 26.8. The second-order valence-corrected chi connectivity index (χ2v) is 6.83. The van der Waals surface area contributed by atoms with Crippen LogP contribution in [0.15, 0.2) is 0 Å². The highest BCUT2D eigenvalue weighted by Crippen LogP contribution is 2.29. The van der Waals surface area contributed by atoms with Crippen molar-refractivity contribution in [3.8, 4) is 0 Å². The predicted octanol–water partition coefficient (Wildman–Crippen LogP) is -0.00550. The lowest BCUT2D eigenvalue weighted by Gasteiger charge is -2.46. The van der Waals surface area contributed by atoms with E-state index >= 15 is 0 Å². The summed E-state index contributed by atoms with van der Waals surface area (Å²) in [4.78, 5) is 0. The lowest BCUT2D eigenvalue weighted by Crippen LogP contribution is -2.62. The molecule has 1 fully saturated rings. The Morgan fingerprint density at radius 2 is 1.93 bits per heavy atom. The Kier molecular flexibility index (Phi) is 3.45. The van der Waals surface area contributed by atoms with E-state index in [1.54, 1.807) is 14.1 Å². The summed E-state index contributed by atoms with van der Waals surface area (Å²) in [5.41, 5.74) is 5.48. The molecule has 0 radical (unpaired) electrons. The first kappa shape index (κ1) is 12.9. The normalized spacial score (nSPS) is 28.3. The van der Waals surface area contributed by atoms with Crippen molar-refractivity contribution >= 4 is 10.2 Å². The van der Waals surface area contributed by atoms with Crippen LogP contribution in [0.5, 0.6) is 0 Å². The smallest absolute Gasteiger partial charge is 0.282 e. The Morgan fingerprint density at radius 3 is 2.40 bits per heavy atom. The van der Waals surface area contributed by atoms with Gasteiger partial charge in [-0.3, -0.25) is 0 Å². The molecule has 0 spiro atoms. The third-order valence-electron chi connectivity index (χ3n) is 3.17. The molecule has 1 atom stereocenters. The summed E-state index contributed by atoms with van der Waals surface area (Å²) in [6.07, 6.45) is 1.71. The topological polar surface area (TPSA) is 66.6 Å². The molecule has 0 aromatic heterocycles. The van der Waals surface area contributed by atoms with Crippen molar-refractivity contribution in [1.82, 2.24) is 8.61 Å². The third kappa shape index (κ3) is 2.18. The van der Waals surface area contributed by atoms with Crippen molar-refractivity contribution in [3.63, 3.8) is 0 Å². The van der Waals surface area contributed by atoms with Crippen LogP contribution in [-0.2, 0) is 10.2 Å². The van der Waals surface area contributed by atoms with Crippen molar-refractivity contribution in [3.05, 3.63) is 0 Å². The Morgan fingerprint density at radius 1 is 1.40 bits per heavy atom. The highest BCUT2D eigenvalue weighted by Gasteiger charge is 2.43. The molecule has 1 saturated heterocycles. The molecule has 1 heterocycles.